The highest BCUT2D eigenvalue weighted by Gasteiger charge is 2.31. The van der Waals surface area contributed by atoms with E-state index in [4.69, 9.17) is 0 Å². The molecule has 2 heterocycles. The summed E-state index contributed by atoms with van der Waals surface area (Å²) in [5.41, 5.74) is 1.38. The van der Waals surface area contributed by atoms with Crippen molar-refractivity contribution < 1.29 is 23.0 Å². The molecule has 0 aliphatic rings. The largest absolute Gasteiger partial charge is 0.573 e. The lowest BCUT2D eigenvalue weighted by molar-refractivity contribution is -0.274. The maximum absolute atomic E-state index is 12.1. The minimum atomic E-state index is -4.74. The van der Waals surface area contributed by atoms with Crippen LogP contribution in [0.25, 0.3) is 5.70 Å². The lowest BCUT2D eigenvalue weighted by atomic mass is 10.3. The standard InChI is InChI=1S/C16H17F3N4O2S2/c1-9-14(27-15(23-9)10(2)24)12(20-3)7-26-8-22-13-5-4-11(6-21-13)25-16(17,18)19/h4-7,10,24H,3,8H2,1-2H3,(H,21,22)/b12-7-. The number of thioether (sulfide) groups is 1. The first-order valence-electron chi connectivity index (χ1n) is 7.59. The Kier molecular flexibility index (Phi) is 7.22. The van der Waals surface area contributed by atoms with Crippen LogP contribution >= 0.6 is 23.1 Å². The van der Waals surface area contributed by atoms with E-state index in [-0.39, 0.29) is 5.75 Å². The predicted molar refractivity (Wildman–Crippen MR) is 102 cm³/mol. The summed E-state index contributed by atoms with van der Waals surface area (Å²) in [6.07, 6.45) is -4.41. The number of aliphatic imine (C=N–C) groups is 1. The summed E-state index contributed by atoms with van der Waals surface area (Å²) in [5.74, 6) is 0.435. The normalized spacial score (nSPS) is 13.3. The van der Waals surface area contributed by atoms with Crippen LogP contribution in [0.4, 0.5) is 19.0 Å². The molecular weight excluding hydrogens is 401 g/mol. The third kappa shape index (κ3) is 6.52. The highest BCUT2D eigenvalue weighted by atomic mass is 32.2. The first kappa shape index (κ1) is 21.2. The Balaban J connectivity index is 1.93. The van der Waals surface area contributed by atoms with Gasteiger partial charge in [0, 0.05) is 0 Å². The van der Waals surface area contributed by atoms with E-state index >= 15 is 0 Å². The van der Waals surface area contributed by atoms with Crippen molar-refractivity contribution in [2.75, 3.05) is 11.2 Å². The number of ether oxygens (including phenoxy) is 1. The molecule has 0 saturated carbocycles. The Hall–Kier alpha value is -2.11. The van der Waals surface area contributed by atoms with Gasteiger partial charge in [-0.3, -0.25) is 4.99 Å². The number of nitrogens with one attached hydrogen (secondary N) is 1. The minimum Gasteiger partial charge on any atom is -0.404 e. The van der Waals surface area contributed by atoms with Crippen LogP contribution in [0.3, 0.4) is 0 Å². The first-order valence-corrected chi connectivity index (χ1v) is 9.46. The molecule has 0 fully saturated rings. The molecule has 0 aliphatic carbocycles. The molecule has 0 aliphatic heterocycles. The molecule has 2 aromatic heterocycles. The summed E-state index contributed by atoms with van der Waals surface area (Å²) < 4.78 is 40.1. The number of aliphatic hydroxyl groups excluding tert-OH is 1. The number of hydrogen-bond acceptors (Lipinski definition) is 8. The Bertz CT molecular complexity index is 805. The summed E-state index contributed by atoms with van der Waals surface area (Å²) in [5, 5.41) is 15.0. The van der Waals surface area contributed by atoms with Crippen LogP contribution < -0.4 is 10.1 Å². The summed E-state index contributed by atoms with van der Waals surface area (Å²) >= 11 is 2.72. The van der Waals surface area contributed by atoms with Gasteiger partial charge >= 0.3 is 6.36 Å². The summed E-state index contributed by atoms with van der Waals surface area (Å²) in [6, 6.07) is 2.57. The third-order valence-electron chi connectivity index (χ3n) is 3.08. The minimum absolute atomic E-state index is 0.381. The highest BCUT2D eigenvalue weighted by molar-refractivity contribution is 8.02. The number of aliphatic hydroxyl groups is 1. The van der Waals surface area contributed by atoms with Crippen LogP contribution in [0.1, 0.15) is 28.6 Å². The summed E-state index contributed by atoms with van der Waals surface area (Å²) in [7, 11) is 0. The fourth-order valence-electron chi connectivity index (χ4n) is 1.91. The smallest absolute Gasteiger partial charge is 0.404 e. The van der Waals surface area contributed by atoms with Gasteiger partial charge in [-0.15, -0.1) is 36.3 Å². The maximum atomic E-state index is 12.1. The van der Waals surface area contributed by atoms with Gasteiger partial charge in [0.25, 0.3) is 0 Å². The molecule has 0 aromatic carbocycles. The topological polar surface area (TPSA) is 79.6 Å². The molecular formula is C16H17F3N4O2S2. The summed E-state index contributed by atoms with van der Waals surface area (Å²) in [4.78, 5) is 13.0. The number of hydrogen-bond donors (Lipinski definition) is 2. The average Bonchev–Trinajstić information content (AvgIpc) is 2.97. The molecule has 2 rings (SSSR count). The fourth-order valence-corrected chi connectivity index (χ4v) is 3.63. The van der Waals surface area contributed by atoms with E-state index in [0.717, 1.165) is 16.8 Å². The Morgan fingerprint density at radius 3 is 2.78 bits per heavy atom. The number of aryl methyl sites for hydroxylation is 1. The van der Waals surface area contributed by atoms with Gasteiger partial charge in [0.2, 0.25) is 0 Å². The van der Waals surface area contributed by atoms with Crippen molar-refractivity contribution in [3.8, 4) is 5.75 Å². The molecule has 2 N–H and O–H groups in total. The molecule has 146 valence electrons. The van der Waals surface area contributed by atoms with Crippen molar-refractivity contribution in [1.82, 2.24) is 9.97 Å². The van der Waals surface area contributed by atoms with Crippen molar-refractivity contribution in [1.29, 1.82) is 0 Å². The van der Waals surface area contributed by atoms with Crippen LogP contribution in [0.15, 0.2) is 28.7 Å². The van der Waals surface area contributed by atoms with E-state index in [0.29, 0.717) is 22.4 Å². The lowest BCUT2D eigenvalue weighted by Crippen LogP contribution is -2.17. The van der Waals surface area contributed by atoms with Gasteiger partial charge < -0.3 is 15.2 Å². The second-order valence-electron chi connectivity index (χ2n) is 5.22. The second-order valence-corrected chi connectivity index (χ2v) is 7.11. The molecule has 11 heteroatoms. The van der Waals surface area contributed by atoms with E-state index in [9.17, 15) is 18.3 Å². The molecule has 0 spiro atoms. The fraction of sp³-hybridized carbons (Fsp3) is 0.312. The van der Waals surface area contributed by atoms with E-state index < -0.39 is 12.5 Å². The van der Waals surface area contributed by atoms with Crippen molar-refractivity contribution in [2.24, 2.45) is 4.99 Å². The Labute approximate surface area is 162 Å². The molecule has 2 aromatic rings. The van der Waals surface area contributed by atoms with Crippen LogP contribution in [0, 0.1) is 6.92 Å². The Morgan fingerprint density at radius 1 is 1.52 bits per heavy atom. The van der Waals surface area contributed by atoms with Gasteiger partial charge in [0.1, 0.15) is 22.7 Å². The molecule has 0 bridgehead atoms. The molecule has 0 amide bonds. The van der Waals surface area contributed by atoms with Gasteiger partial charge in [-0.2, -0.15) is 0 Å². The number of pyridine rings is 1. The van der Waals surface area contributed by atoms with Crippen LogP contribution in [-0.4, -0.2) is 34.0 Å². The SMILES string of the molecule is C=N/C(=C\SCNc1ccc(OC(F)(F)F)cn1)c1sc(C(C)O)nc1C. The molecule has 0 saturated heterocycles. The molecule has 1 atom stereocenters. The number of rotatable bonds is 8. The number of nitrogens with zero attached hydrogens (tertiary/aromatic N) is 3. The molecule has 6 nitrogen and oxygen atoms in total. The molecule has 0 radical (unpaired) electrons. The van der Waals surface area contributed by atoms with Crippen molar-refractivity contribution >= 4 is 41.3 Å². The summed E-state index contributed by atoms with van der Waals surface area (Å²) in [6.45, 7) is 7.02. The van der Waals surface area contributed by atoms with Crippen molar-refractivity contribution in [3.63, 3.8) is 0 Å². The van der Waals surface area contributed by atoms with Gasteiger partial charge in [-0.05, 0) is 38.1 Å². The predicted octanol–water partition coefficient (Wildman–Crippen LogP) is 4.60. The molecule has 27 heavy (non-hydrogen) atoms. The zero-order chi connectivity index (χ0) is 20.0. The monoisotopic (exact) mass is 418 g/mol. The second kappa shape index (κ2) is 9.20. The van der Waals surface area contributed by atoms with Crippen LogP contribution in [-0.2, 0) is 0 Å². The van der Waals surface area contributed by atoms with Gasteiger partial charge in [-0.25, -0.2) is 9.97 Å². The average molecular weight is 418 g/mol. The number of thiazole rings is 1. The zero-order valence-corrected chi connectivity index (χ0v) is 16.1. The van der Waals surface area contributed by atoms with E-state index in [2.05, 4.69) is 31.7 Å². The van der Waals surface area contributed by atoms with Gasteiger partial charge in [0.05, 0.1) is 28.3 Å². The Morgan fingerprint density at radius 2 is 2.26 bits per heavy atom. The maximum Gasteiger partial charge on any atom is 0.573 e. The van der Waals surface area contributed by atoms with E-state index in [1.807, 2.05) is 6.92 Å². The number of anilines is 1. The van der Waals surface area contributed by atoms with Crippen molar-refractivity contribution in [3.05, 3.63) is 39.3 Å². The van der Waals surface area contributed by atoms with Crippen LogP contribution in [0.2, 0.25) is 0 Å². The van der Waals surface area contributed by atoms with Crippen molar-refractivity contribution in [2.45, 2.75) is 26.3 Å². The lowest BCUT2D eigenvalue weighted by Gasteiger charge is -2.09. The quantitative estimate of drug-likeness (QED) is 0.371. The van der Waals surface area contributed by atoms with Gasteiger partial charge in [-0.1, -0.05) is 0 Å². The molecule has 1 unspecified atom stereocenters. The number of aromatic nitrogens is 2. The zero-order valence-electron chi connectivity index (χ0n) is 14.4. The number of halogens is 3. The third-order valence-corrected chi connectivity index (χ3v) is 5.13. The van der Waals surface area contributed by atoms with E-state index in [1.165, 1.54) is 35.2 Å². The van der Waals surface area contributed by atoms with Gasteiger partial charge in [0.15, 0.2) is 0 Å². The number of alkyl halides is 3. The highest BCUT2D eigenvalue weighted by Crippen LogP contribution is 2.31. The van der Waals surface area contributed by atoms with E-state index in [1.54, 1.807) is 12.3 Å². The van der Waals surface area contributed by atoms with Crippen LogP contribution in [0.5, 0.6) is 5.75 Å². The first-order chi connectivity index (χ1) is 12.7.